The van der Waals surface area contributed by atoms with Crippen LogP contribution < -0.4 is 0 Å². The predicted molar refractivity (Wildman–Crippen MR) is 79.4 cm³/mol. The molecule has 2 rings (SSSR count). The second-order valence-corrected chi connectivity index (χ2v) is 5.07. The Hall–Kier alpha value is -2.02. The molecule has 0 bridgehead atoms. The number of halogens is 1. The maximum absolute atomic E-state index is 9.92. The number of rotatable bonds is 4. The van der Waals surface area contributed by atoms with E-state index in [0.717, 1.165) is 5.56 Å². The van der Waals surface area contributed by atoms with Crippen molar-refractivity contribution in [3.8, 4) is 11.8 Å². The van der Waals surface area contributed by atoms with Gasteiger partial charge in [0.2, 0.25) is 0 Å². The van der Waals surface area contributed by atoms with Gasteiger partial charge in [-0.3, -0.25) is 4.90 Å². The van der Waals surface area contributed by atoms with Gasteiger partial charge in [-0.25, -0.2) is 0 Å². The van der Waals surface area contributed by atoms with Crippen molar-refractivity contribution in [3.63, 3.8) is 0 Å². The van der Waals surface area contributed by atoms with Gasteiger partial charge in [0.15, 0.2) is 0 Å². The van der Waals surface area contributed by atoms with Crippen molar-refractivity contribution in [2.24, 2.45) is 0 Å². The smallest absolute Gasteiger partial charge is 0.127 e. The van der Waals surface area contributed by atoms with Gasteiger partial charge in [-0.2, -0.15) is 5.26 Å². The first kappa shape index (κ1) is 14.4. The molecule has 4 heteroatoms. The van der Waals surface area contributed by atoms with Gasteiger partial charge in [0.25, 0.3) is 0 Å². The molecule has 0 aliphatic rings. The third kappa shape index (κ3) is 3.30. The van der Waals surface area contributed by atoms with Crippen LogP contribution in [0.5, 0.6) is 5.75 Å². The van der Waals surface area contributed by atoms with E-state index in [0.29, 0.717) is 17.1 Å². The summed E-state index contributed by atoms with van der Waals surface area (Å²) < 4.78 is 0. The Balaban J connectivity index is 2.24. The number of aromatic hydroxyl groups is 1. The molecule has 102 valence electrons. The van der Waals surface area contributed by atoms with Crippen LogP contribution in [-0.2, 0) is 6.54 Å². The fourth-order valence-corrected chi connectivity index (χ4v) is 2.29. The Morgan fingerprint density at radius 1 is 1.25 bits per heavy atom. The van der Waals surface area contributed by atoms with Crippen molar-refractivity contribution in [2.45, 2.75) is 12.6 Å². The van der Waals surface area contributed by atoms with E-state index >= 15 is 0 Å². The lowest BCUT2D eigenvalue weighted by Crippen LogP contribution is -2.23. The highest BCUT2D eigenvalue weighted by molar-refractivity contribution is 6.30. The van der Waals surface area contributed by atoms with Crippen molar-refractivity contribution in [1.29, 1.82) is 5.26 Å². The summed E-state index contributed by atoms with van der Waals surface area (Å²) in [5.74, 6) is 0.0841. The van der Waals surface area contributed by atoms with Crippen molar-refractivity contribution in [2.75, 3.05) is 7.05 Å². The zero-order valence-electron chi connectivity index (χ0n) is 11.1. The standard InChI is InChI=1S/C16H15ClN2O/c1-19(11-12-5-3-2-4-6-12)15(10-18)14-9-13(17)7-8-16(14)20/h2-9,15,20H,11H2,1H3. The lowest BCUT2D eigenvalue weighted by Gasteiger charge is -2.23. The summed E-state index contributed by atoms with van der Waals surface area (Å²) >= 11 is 5.94. The molecule has 20 heavy (non-hydrogen) atoms. The molecule has 0 spiro atoms. The lowest BCUT2D eigenvalue weighted by molar-refractivity contribution is 0.277. The first-order valence-corrected chi connectivity index (χ1v) is 6.62. The predicted octanol–water partition coefficient (Wildman–Crippen LogP) is 3.74. The average Bonchev–Trinajstić information content (AvgIpc) is 2.44. The normalized spacial score (nSPS) is 12.1. The molecule has 3 nitrogen and oxygen atoms in total. The molecule has 0 aromatic heterocycles. The van der Waals surface area contributed by atoms with Crippen molar-refractivity contribution >= 4 is 11.6 Å². The van der Waals surface area contributed by atoms with Gasteiger partial charge in [-0.05, 0) is 30.8 Å². The van der Waals surface area contributed by atoms with Crippen LogP contribution in [0.2, 0.25) is 5.02 Å². The third-order valence-electron chi connectivity index (χ3n) is 3.12. The number of benzene rings is 2. The molecule has 0 amide bonds. The molecule has 2 aromatic carbocycles. The number of phenols is 1. The van der Waals surface area contributed by atoms with E-state index in [-0.39, 0.29) is 5.75 Å². The van der Waals surface area contributed by atoms with E-state index in [9.17, 15) is 10.4 Å². The van der Waals surface area contributed by atoms with E-state index in [1.54, 1.807) is 12.1 Å². The Morgan fingerprint density at radius 3 is 2.60 bits per heavy atom. The Morgan fingerprint density at radius 2 is 1.95 bits per heavy atom. The molecule has 1 unspecified atom stereocenters. The van der Waals surface area contributed by atoms with Gasteiger partial charge in [0, 0.05) is 17.1 Å². The van der Waals surface area contributed by atoms with Gasteiger partial charge in [-0.1, -0.05) is 41.9 Å². The maximum Gasteiger partial charge on any atom is 0.127 e. The van der Waals surface area contributed by atoms with Gasteiger partial charge >= 0.3 is 0 Å². The van der Waals surface area contributed by atoms with Crippen LogP contribution in [0.15, 0.2) is 48.5 Å². The van der Waals surface area contributed by atoms with Crippen LogP contribution in [0.1, 0.15) is 17.2 Å². The first-order valence-electron chi connectivity index (χ1n) is 6.24. The SMILES string of the molecule is CN(Cc1ccccc1)C(C#N)c1cc(Cl)ccc1O. The van der Waals surface area contributed by atoms with E-state index in [1.165, 1.54) is 6.07 Å². The summed E-state index contributed by atoms with van der Waals surface area (Å²) in [6.07, 6.45) is 0. The van der Waals surface area contributed by atoms with Gasteiger partial charge in [0.1, 0.15) is 11.8 Å². The number of nitriles is 1. The third-order valence-corrected chi connectivity index (χ3v) is 3.36. The van der Waals surface area contributed by atoms with Crippen LogP contribution in [0.25, 0.3) is 0 Å². The molecular formula is C16H15ClN2O. The Bertz CT molecular complexity index is 622. The molecule has 0 aliphatic heterocycles. The summed E-state index contributed by atoms with van der Waals surface area (Å²) in [4.78, 5) is 1.88. The van der Waals surface area contributed by atoms with Crippen LogP contribution in [-0.4, -0.2) is 17.1 Å². The molecule has 0 fully saturated rings. The van der Waals surface area contributed by atoms with Crippen LogP contribution in [0.4, 0.5) is 0 Å². The zero-order chi connectivity index (χ0) is 14.5. The highest BCUT2D eigenvalue weighted by atomic mass is 35.5. The summed E-state index contributed by atoms with van der Waals surface area (Å²) in [5, 5.41) is 19.8. The molecule has 0 saturated carbocycles. The van der Waals surface area contributed by atoms with Crippen LogP contribution >= 0.6 is 11.6 Å². The molecule has 0 saturated heterocycles. The number of nitrogens with zero attached hydrogens (tertiary/aromatic N) is 2. The van der Waals surface area contributed by atoms with E-state index in [2.05, 4.69) is 6.07 Å². The highest BCUT2D eigenvalue weighted by Gasteiger charge is 2.20. The molecule has 0 heterocycles. The van der Waals surface area contributed by atoms with E-state index in [1.807, 2.05) is 42.3 Å². The minimum atomic E-state index is -0.547. The fraction of sp³-hybridized carbons (Fsp3) is 0.188. The largest absolute Gasteiger partial charge is 0.508 e. The minimum absolute atomic E-state index is 0.0841. The number of hydrogen-bond acceptors (Lipinski definition) is 3. The molecule has 2 aromatic rings. The monoisotopic (exact) mass is 286 g/mol. The zero-order valence-corrected chi connectivity index (χ0v) is 11.9. The summed E-state index contributed by atoms with van der Waals surface area (Å²) in [6, 6.07) is 16.3. The second-order valence-electron chi connectivity index (χ2n) is 4.64. The first-order chi connectivity index (χ1) is 9.61. The molecular weight excluding hydrogens is 272 g/mol. The topological polar surface area (TPSA) is 47.3 Å². The summed E-state index contributed by atoms with van der Waals surface area (Å²) in [6.45, 7) is 0.616. The van der Waals surface area contributed by atoms with Gasteiger partial charge in [-0.15, -0.1) is 0 Å². The van der Waals surface area contributed by atoms with E-state index < -0.39 is 6.04 Å². The van der Waals surface area contributed by atoms with Crippen molar-refractivity contribution < 1.29 is 5.11 Å². The summed E-state index contributed by atoms with van der Waals surface area (Å²) in [7, 11) is 1.85. The maximum atomic E-state index is 9.92. The lowest BCUT2D eigenvalue weighted by atomic mass is 10.0. The highest BCUT2D eigenvalue weighted by Crippen LogP contribution is 2.30. The number of phenolic OH excluding ortho intramolecular Hbond substituents is 1. The molecule has 0 radical (unpaired) electrons. The van der Waals surface area contributed by atoms with Crippen LogP contribution in [0, 0.1) is 11.3 Å². The Labute approximate surface area is 123 Å². The fourth-order valence-electron chi connectivity index (χ4n) is 2.11. The molecule has 1 atom stereocenters. The van der Waals surface area contributed by atoms with Gasteiger partial charge < -0.3 is 5.11 Å². The van der Waals surface area contributed by atoms with Crippen molar-refractivity contribution in [1.82, 2.24) is 4.90 Å². The summed E-state index contributed by atoms with van der Waals surface area (Å²) in [5.41, 5.74) is 1.63. The quantitative estimate of drug-likeness (QED) is 0.931. The number of hydrogen-bond donors (Lipinski definition) is 1. The second kappa shape index (κ2) is 6.42. The molecule has 0 aliphatic carbocycles. The molecule has 1 N–H and O–H groups in total. The van der Waals surface area contributed by atoms with Gasteiger partial charge in [0.05, 0.1) is 6.07 Å². The van der Waals surface area contributed by atoms with E-state index in [4.69, 9.17) is 11.6 Å². The Kier molecular flexibility index (Phi) is 4.62. The average molecular weight is 287 g/mol. The minimum Gasteiger partial charge on any atom is -0.508 e. The van der Waals surface area contributed by atoms with Crippen molar-refractivity contribution in [3.05, 3.63) is 64.7 Å². The van der Waals surface area contributed by atoms with Crippen LogP contribution in [0.3, 0.4) is 0 Å².